The summed E-state index contributed by atoms with van der Waals surface area (Å²) in [7, 11) is 1.55. The highest BCUT2D eigenvalue weighted by Gasteiger charge is 2.17. The van der Waals surface area contributed by atoms with Crippen LogP contribution < -0.4 is 15.4 Å². The van der Waals surface area contributed by atoms with Crippen LogP contribution in [0, 0.1) is 0 Å². The first-order valence-corrected chi connectivity index (χ1v) is 11.6. The molecule has 1 atom stereocenters. The van der Waals surface area contributed by atoms with E-state index in [-0.39, 0.29) is 17.1 Å². The van der Waals surface area contributed by atoms with Crippen molar-refractivity contribution in [3.05, 3.63) is 78.4 Å². The summed E-state index contributed by atoms with van der Waals surface area (Å²) in [6.07, 6.45) is 0. The minimum absolute atomic E-state index is 0.125. The molecular formula is C24H21N3O3S2. The van der Waals surface area contributed by atoms with Crippen LogP contribution in [0.3, 0.4) is 0 Å². The highest BCUT2D eigenvalue weighted by atomic mass is 32.2. The first-order chi connectivity index (χ1) is 15.5. The highest BCUT2D eigenvalue weighted by Crippen LogP contribution is 2.32. The van der Waals surface area contributed by atoms with Gasteiger partial charge in [-0.2, -0.15) is 0 Å². The average Bonchev–Trinajstić information content (AvgIpc) is 3.22. The number of aromatic nitrogens is 1. The van der Waals surface area contributed by atoms with Gasteiger partial charge in [0, 0.05) is 11.3 Å². The quantitative estimate of drug-likeness (QED) is 0.345. The van der Waals surface area contributed by atoms with Crippen molar-refractivity contribution in [1.82, 2.24) is 4.98 Å². The average molecular weight is 464 g/mol. The molecule has 4 rings (SSSR count). The number of fused-ring (bicyclic) bond motifs is 1. The lowest BCUT2D eigenvalue weighted by atomic mass is 10.2. The standard InChI is InChI=1S/C24H21N3O3S2/c1-15(31-24-27-19-8-4-6-10-21(19)32-24)22(28)25-17-13-11-16(12-14-17)23(29)26-18-7-3-5-9-20(18)30-2/h3-15H,1-2H3,(H,25,28)(H,26,29). The molecule has 162 valence electrons. The van der Waals surface area contributed by atoms with Crippen molar-refractivity contribution in [2.75, 3.05) is 17.7 Å². The SMILES string of the molecule is COc1ccccc1NC(=O)c1ccc(NC(=O)C(C)Sc2nc3ccccc3s2)cc1. The fourth-order valence-electron chi connectivity index (χ4n) is 3.00. The van der Waals surface area contributed by atoms with Gasteiger partial charge in [-0.3, -0.25) is 9.59 Å². The highest BCUT2D eigenvalue weighted by molar-refractivity contribution is 8.02. The monoisotopic (exact) mass is 463 g/mol. The van der Waals surface area contributed by atoms with Gasteiger partial charge >= 0.3 is 0 Å². The minimum Gasteiger partial charge on any atom is -0.495 e. The van der Waals surface area contributed by atoms with Gasteiger partial charge in [-0.15, -0.1) is 11.3 Å². The second-order valence-electron chi connectivity index (χ2n) is 6.93. The molecule has 6 nitrogen and oxygen atoms in total. The van der Waals surface area contributed by atoms with Crippen LogP contribution in [-0.4, -0.2) is 29.2 Å². The molecule has 32 heavy (non-hydrogen) atoms. The summed E-state index contributed by atoms with van der Waals surface area (Å²) in [5.41, 5.74) is 2.64. The lowest BCUT2D eigenvalue weighted by Crippen LogP contribution is -2.22. The first kappa shape index (κ1) is 21.9. The van der Waals surface area contributed by atoms with Crippen molar-refractivity contribution < 1.29 is 14.3 Å². The Morgan fingerprint density at radius 1 is 0.969 bits per heavy atom. The van der Waals surface area contributed by atoms with Gasteiger partial charge in [0.2, 0.25) is 5.91 Å². The number of nitrogens with zero attached hydrogens (tertiary/aromatic N) is 1. The zero-order valence-electron chi connectivity index (χ0n) is 17.5. The van der Waals surface area contributed by atoms with E-state index in [1.165, 1.54) is 11.8 Å². The van der Waals surface area contributed by atoms with E-state index in [1.54, 1.807) is 54.8 Å². The molecule has 0 saturated carbocycles. The van der Waals surface area contributed by atoms with E-state index in [9.17, 15) is 9.59 Å². The molecule has 2 N–H and O–H groups in total. The van der Waals surface area contributed by atoms with Gasteiger partial charge in [-0.05, 0) is 55.5 Å². The number of para-hydroxylation sites is 3. The number of ether oxygens (including phenoxy) is 1. The maximum absolute atomic E-state index is 12.6. The number of rotatable bonds is 7. The number of amides is 2. The Kier molecular flexibility index (Phi) is 6.72. The number of anilines is 2. The summed E-state index contributed by atoms with van der Waals surface area (Å²) < 4.78 is 7.22. The number of carbonyl (C=O) groups is 2. The molecule has 0 aliphatic carbocycles. The van der Waals surface area contributed by atoms with Crippen LogP contribution in [0.15, 0.2) is 77.1 Å². The number of thioether (sulfide) groups is 1. The maximum atomic E-state index is 12.6. The Balaban J connectivity index is 1.36. The minimum atomic E-state index is -0.316. The van der Waals surface area contributed by atoms with Crippen molar-refractivity contribution in [2.45, 2.75) is 16.5 Å². The third kappa shape index (κ3) is 5.09. The summed E-state index contributed by atoms with van der Waals surface area (Å²) >= 11 is 3.00. The van der Waals surface area contributed by atoms with E-state index in [4.69, 9.17) is 4.74 Å². The molecular weight excluding hydrogens is 442 g/mol. The fourth-order valence-corrected chi connectivity index (χ4v) is 5.21. The van der Waals surface area contributed by atoms with Crippen molar-refractivity contribution in [2.24, 2.45) is 0 Å². The topological polar surface area (TPSA) is 80.3 Å². The van der Waals surface area contributed by atoms with E-state index in [0.29, 0.717) is 22.7 Å². The zero-order chi connectivity index (χ0) is 22.5. The number of thiazole rings is 1. The van der Waals surface area contributed by atoms with Gasteiger partial charge in [0.05, 0.1) is 28.3 Å². The molecule has 0 fully saturated rings. The predicted molar refractivity (Wildman–Crippen MR) is 131 cm³/mol. The molecule has 1 aromatic heterocycles. The number of nitrogens with one attached hydrogen (secondary N) is 2. The molecule has 4 aromatic rings. The molecule has 0 radical (unpaired) electrons. The van der Waals surface area contributed by atoms with Crippen LogP contribution in [0.25, 0.3) is 10.2 Å². The van der Waals surface area contributed by atoms with E-state index in [1.807, 2.05) is 43.3 Å². The van der Waals surface area contributed by atoms with Crippen LogP contribution in [0.2, 0.25) is 0 Å². The van der Waals surface area contributed by atoms with Crippen molar-refractivity contribution in [3.8, 4) is 5.75 Å². The lowest BCUT2D eigenvalue weighted by molar-refractivity contribution is -0.115. The second-order valence-corrected chi connectivity index (χ2v) is 9.55. The number of carbonyl (C=O) groups excluding carboxylic acids is 2. The largest absolute Gasteiger partial charge is 0.495 e. The van der Waals surface area contributed by atoms with Gasteiger partial charge in [0.25, 0.3) is 5.91 Å². The molecule has 3 aromatic carbocycles. The molecule has 0 aliphatic rings. The van der Waals surface area contributed by atoms with Gasteiger partial charge in [0.1, 0.15) is 5.75 Å². The third-order valence-electron chi connectivity index (χ3n) is 4.69. The number of methoxy groups -OCH3 is 1. The summed E-state index contributed by atoms with van der Waals surface area (Å²) in [6, 6.07) is 21.9. The zero-order valence-corrected chi connectivity index (χ0v) is 19.1. The number of benzene rings is 3. The van der Waals surface area contributed by atoms with E-state index in [0.717, 1.165) is 14.6 Å². The van der Waals surface area contributed by atoms with Gasteiger partial charge < -0.3 is 15.4 Å². The molecule has 2 amide bonds. The predicted octanol–water partition coefficient (Wildman–Crippen LogP) is 5.68. The molecule has 1 unspecified atom stereocenters. The first-order valence-electron chi connectivity index (χ1n) is 9.91. The lowest BCUT2D eigenvalue weighted by Gasteiger charge is -2.12. The Morgan fingerprint density at radius 2 is 1.69 bits per heavy atom. The Labute approximate surface area is 194 Å². The Morgan fingerprint density at radius 3 is 2.44 bits per heavy atom. The van der Waals surface area contributed by atoms with Crippen LogP contribution in [0.4, 0.5) is 11.4 Å². The van der Waals surface area contributed by atoms with Crippen molar-refractivity contribution in [3.63, 3.8) is 0 Å². The third-order valence-corrected chi connectivity index (χ3v) is 6.92. The summed E-state index contributed by atoms with van der Waals surface area (Å²) in [5, 5.41) is 5.41. The number of hydrogen-bond donors (Lipinski definition) is 2. The fraction of sp³-hybridized carbons (Fsp3) is 0.125. The summed E-state index contributed by atoms with van der Waals surface area (Å²) in [6.45, 7) is 1.85. The van der Waals surface area contributed by atoms with Crippen molar-refractivity contribution >= 4 is 56.5 Å². The molecule has 8 heteroatoms. The summed E-state index contributed by atoms with van der Waals surface area (Å²) in [4.78, 5) is 29.7. The molecule has 1 heterocycles. The second kappa shape index (κ2) is 9.84. The molecule has 0 aliphatic heterocycles. The van der Waals surface area contributed by atoms with E-state index in [2.05, 4.69) is 15.6 Å². The van der Waals surface area contributed by atoms with Crippen LogP contribution in [0.1, 0.15) is 17.3 Å². The van der Waals surface area contributed by atoms with E-state index < -0.39 is 0 Å². The smallest absolute Gasteiger partial charge is 0.255 e. The molecule has 0 bridgehead atoms. The summed E-state index contributed by atoms with van der Waals surface area (Å²) in [5.74, 6) is 0.206. The normalized spacial score (nSPS) is 11.7. The van der Waals surface area contributed by atoms with Crippen molar-refractivity contribution in [1.29, 1.82) is 0 Å². The molecule has 0 saturated heterocycles. The Bertz CT molecular complexity index is 1220. The van der Waals surface area contributed by atoms with Gasteiger partial charge in [-0.1, -0.05) is 36.0 Å². The van der Waals surface area contributed by atoms with Crippen LogP contribution in [-0.2, 0) is 4.79 Å². The maximum Gasteiger partial charge on any atom is 0.255 e. The molecule has 0 spiro atoms. The Hall–Kier alpha value is -3.36. The van der Waals surface area contributed by atoms with Gasteiger partial charge in [-0.25, -0.2) is 4.98 Å². The van der Waals surface area contributed by atoms with E-state index >= 15 is 0 Å². The van der Waals surface area contributed by atoms with Crippen LogP contribution in [0.5, 0.6) is 5.75 Å². The van der Waals surface area contributed by atoms with Crippen LogP contribution >= 0.6 is 23.1 Å². The number of hydrogen-bond acceptors (Lipinski definition) is 6. The van der Waals surface area contributed by atoms with Gasteiger partial charge in [0.15, 0.2) is 4.34 Å².